The molecule has 0 spiro atoms. The summed E-state index contributed by atoms with van der Waals surface area (Å²) in [6, 6.07) is 23.7. The van der Waals surface area contributed by atoms with Crippen LogP contribution in [-0.4, -0.2) is 62.9 Å². The van der Waals surface area contributed by atoms with Gasteiger partial charge in [-0.25, -0.2) is 14.1 Å². The number of ether oxygens (including phenoxy) is 1. The number of nitrogens with zero attached hydrogens (tertiary/aromatic N) is 3. The number of rotatable bonds is 7. The summed E-state index contributed by atoms with van der Waals surface area (Å²) in [6.07, 6.45) is 6.71. The van der Waals surface area contributed by atoms with Gasteiger partial charge in [-0.05, 0) is 79.7 Å². The zero-order chi connectivity index (χ0) is 25.3. The van der Waals surface area contributed by atoms with Crippen LogP contribution in [0.2, 0.25) is 0 Å². The molecule has 8 heteroatoms. The number of likely N-dealkylation sites (tertiary alicyclic amines) is 1. The van der Waals surface area contributed by atoms with Gasteiger partial charge in [-0.15, -0.1) is 5.10 Å². The van der Waals surface area contributed by atoms with Crippen molar-refractivity contribution in [1.82, 2.24) is 14.5 Å². The molecular weight excluding hydrogens is 458 g/mol. The number of hydrogen-bond donors (Lipinski definition) is 2. The molecule has 8 nitrogen and oxygen atoms in total. The van der Waals surface area contributed by atoms with Crippen LogP contribution in [0, 0.1) is 0 Å². The van der Waals surface area contributed by atoms with E-state index in [-0.39, 0.29) is 0 Å². The summed E-state index contributed by atoms with van der Waals surface area (Å²) in [5.41, 5.74) is 2.58. The van der Waals surface area contributed by atoms with Crippen molar-refractivity contribution in [1.29, 1.82) is 0 Å². The first-order valence-corrected chi connectivity index (χ1v) is 12.2. The predicted octanol–water partition coefficient (Wildman–Crippen LogP) is 4.68. The highest BCUT2D eigenvalue weighted by molar-refractivity contribution is 6.27. The Kier molecular flexibility index (Phi) is 8.52. The third-order valence-corrected chi connectivity index (χ3v) is 6.48. The van der Waals surface area contributed by atoms with Crippen molar-refractivity contribution < 1.29 is 24.5 Å². The number of carbonyl (C=O) groups is 2. The largest absolute Gasteiger partial charge is 0.477 e. The minimum absolute atomic E-state index is 0.698. The van der Waals surface area contributed by atoms with E-state index in [0.717, 1.165) is 24.4 Å². The summed E-state index contributed by atoms with van der Waals surface area (Å²) in [5, 5.41) is 21.9. The molecular formula is C28H31N3O5. The summed E-state index contributed by atoms with van der Waals surface area (Å²) >= 11 is 0. The van der Waals surface area contributed by atoms with E-state index in [1.54, 1.807) is 0 Å². The fourth-order valence-electron chi connectivity index (χ4n) is 4.55. The van der Waals surface area contributed by atoms with E-state index in [4.69, 9.17) is 24.5 Å². The van der Waals surface area contributed by atoms with Crippen molar-refractivity contribution in [2.24, 2.45) is 0 Å². The molecule has 1 fully saturated rings. The minimum atomic E-state index is -1.82. The molecule has 0 aliphatic carbocycles. The molecule has 1 aliphatic rings. The molecule has 0 amide bonds. The first-order chi connectivity index (χ1) is 17.5. The zero-order valence-corrected chi connectivity index (χ0v) is 20.1. The molecule has 188 valence electrons. The summed E-state index contributed by atoms with van der Waals surface area (Å²) in [7, 11) is 0. The molecule has 2 aromatic heterocycles. The molecule has 1 aliphatic heterocycles. The fraction of sp³-hybridized carbons (Fsp3) is 0.321. The van der Waals surface area contributed by atoms with Gasteiger partial charge in [0.1, 0.15) is 0 Å². The highest BCUT2D eigenvalue weighted by Gasteiger charge is 2.20. The zero-order valence-electron chi connectivity index (χ0n) is 20.1. The van der Waals surface area contributed by atoms with Crippen LogP contribution >= 0.6 is 0 Å². The van der Waals surface area contributed by atoms with E-state index in [0.29, 0.717) is 5.92 Å². The molecule has 2 N–H and O–H groups in total. The maximum absolute atomic E-state index is 9.10. The monoisotopic (exact) mass is 489 g/mol. The van der Waals surface area contributed by atoms with E-state index in [2.05, 4.69) is 52.5 Å². The molecule has 1 saturated heterocycles. The molecule has 2 aromatic carbocycles. The van der Waals surface area contributed by atoms with Gasteiger partial charge in [-0.1, -0.05) is 48.5 Å². The van der Waals surface area contributed by atoms with Crippen LogP contribution in [-0.2, 0) is 9.59 Å². The van der Waals surface area contributed by atoms with Crippen LogP contribution in [0.1, 0.15) is 37.2 Å². The molecule has 0 radical (unpaired) electrons. The Hall–Kier alpha value is -3.91. The topological polar surface area (TPSA) is 104 Å². The molecule has 0 bridgehead atoms. The predicted molar refractivity (Wildman–Crippen MR) is 138 cm³/mol. The Balaban J connectivity index is 0.000000455. The molecule has 0 unspecified atom stereocenters. The maximum Gasteiger partial charge on any atom is 0.414 e. The lowest BCUT2D eigenvalue weighted by Gasteiger charge is -2.32. The minimum Gasteiger partial charge on any atom is -0.477 e. The summed E-state index contributed by atoms with van der Waals surface area (Å²) in [4.78, 5) is 20.8. The highest BCUT2D eigenvalue weighted by Crippen LogP contribution is 2.30. The number of benzene rings is 2. The van der Waals surface area contributed by atoms with Crippen molar-refractivity contribution in [2.75, 3.05) is 26.2 Å². The van der Waals surface area contributed by atoms with Crippen molar-refractivity contribution in [3.8, 4) is 5.88 Å². The van der Waals surface area contributed by atoms with Gasteiger partial charge in [-0.3, -0.25) is 0 Å². The number of aliphatic carboxylic acids is 2. The van der Waals surface area contributed by atoms with Gasteiger partial charge in [0.05, 0.1) is 12.1 Å². The second-order valence-electron chi connectivity index (χ2n) is 8.94. The van der Waals surface area contributed by atoms with Crippen molar-refractivity contribution in [2.45, 2.75) is 31.6 Å². The third-order valence-electron chi connectivity index (χ3n) is 6.48. The second kappa shape index (κ2) is 12.2. The fourth-order valence-corrected chi connectivity index (χ4v) is 4.55. The lowest BCUT2D eigenvalue weighted by Crippen LogP contribution is -2.33. The number of pyridine rings is 1. The molecule has 36 heavy (non-hydrogen) atoms. The van der Waals surface area contributed by atoms with E-state index in [1.807, 2.05) is 35.0 Å². The van der Waals surface area contributed by atoms with Gasteiger partial charge < -0.3 is 19.8 Å². The molecule has 0 saturated carbocycles. The average Bonchev–Trinajstić information content (AvgIpc) is 3.32. The van der Waals surface area contributed by atoms with E-state index in [9.17, 15) is 0 Å². The number of hydrogen-bond acceptors (Lipinski definition) is 5. The quantitative estimate of drug-likeness (QED) is 0.287. The summed E-state index contributed by atoms with van der Waals surface area (Å²) in [5.74, 6) is -2.23. The van der Waals surface area contributed by atoms with Crippen LogP contribution in [0.15, 0.2) is 72.9 Å². The van der Waals surface area contributed by atoms with Gasteiger partial charge in [0.25, 0.3) is 0 Å². The Morgan fingerprint density at radius 1 is 0.889 bits per heavy atom. The molecule has 4 aromatic rings. The van der Waals surface area contributed by atoms with Gasteiger partial charge >= 0.3 is 11.9 Å². The molecule has 3 heterocycles. The van der Waals surface area contributed by atoms with Gasteiger partial charge in [0.2, 0.25) is 5.88 Å². The van der Waals surface area contributed by atoms with E-state index >= 15 is 0 Å². The Morgan fingerprint density at radius 3 is 2.33 bits per heavy atom. The first kappa shape index (κ1) is 25.2. The Labute approximate surface area is 209 Å². The van der Waals surface area contributed by atoms with Crippen LogP contribution in [0.4, 0.5) is 0 Å². The van der Waals surface area contributed by atoms with E-state index in [1.165, 1.54) is 55.2 Å². The highest BCUT2D eigenvalue weighted by atomic mass is 16.5. The van der Waals surface area contributed by atoms with Crippen LogP contribution in [0.25, 0.3) is 16.3 Å². The molecule has 0 atom stereocenters. The third kappa shape index (κ3) is 6.82. The first-order valence-electron chi connectivity index (χ1n) is 12.2. The number of carboxylic acids is 2. The maximum atomic E-state index is 9.10. The lowest BCUT2D eigenvalue weighted by atomic mass is 9.88. The van der Waals surface area contributed by atoms with E-state index < -0.39 is 11.9 Å². The lowest BCUT2D eigenvalue weighted by molar-refractivity contribution is -0.159. The van der Waals surface area contributed by atoms with Crippen molar-refractivity contribution >= 4 is 28.2 Å². The smallest absolute Gasteiger partial charge is 0.414 e. The second-order valence-corrected chi connectivity index (χ2v) is 8.94. The summed E-state index contributed by atoms with van der Waals surface area (Å²) < 4.78 is 7.70. The number of fused-ring (bicyclic) bond motifs is 2. The SMILES string of the molecule is O=C(O)C(=O)O.c1ccc2cc(C3CCN(CCCCOc4cc5ccccn5n4)CC3)ccc2c1. The molecule has 5 rings (SSSR count). The number of carboxylic acid groups (broad SMARTS) is 2. The van der Waals surface area contributed by atoms with Crippen molar-refractivity contribution in [3.63, 3.8) is 0 Å². The van der Waals surface area contributed by atoms with Crippen LogP contribution in [0.5, 0.6) is 5.88 Å². The van der Waals surface area contributed by atoms with Gasteiger partial charge in [-0.2, -0.15) is 0 Å². The normalized spacial score (nSPS) is 14.3. The Morgan fingerprint density at radius 2 is 1.61 bits per heavy atom. The van der Waals surface area contributed by atoms with Crippen molar-refractivity contribution in [3.05, 3.63) is 78.5 Å². The summed E-state index contributed by atoms with van der Waals surface area (Å²) in [6.45, 7) is 4.30. The number of unbranched alkanes of at least 4 members (excludes halogenated alkanes) is 1. The van der Waals surface area contributed by atoms with Crippen LogP contribution in [0.3, 0.4) is 0 Å². The average molecular weight is 490 g/mol. The van der Waals surface area contributed by atoms with Gasteiger partial charge in [0, 0.05) is 12.3 Å². The van der Waals surface area contributed by atoms with Crippen LogP contribution < -0.4 is 4.74 Å². The Bertz CT molecular complexity index is 1270. The number of piperidine rings is 1. The standard InChI is InChI=1S/C26H29N3O.C2H2O4/c1-2-8-23-19-24(11-10-21(23)7-1)22-12-16-28(17-13-22)14-5-6-18-30-26-20-25-9-3-4-15-29(25)27-26;3-1(4)2(5)6/h1-4,7-11,15,19-20,22H,5-6,12-14,16-18H2;(H,3,4)(H,5,6). The number of aromatic nitrogens is 2. The van der Waals surface area contributed by atoms with Gasteiger partial charge in [0.15, 0.2) is 0 Å².